The maximum Gasteiger partial charge on any atom is 0.339 e. The lowest BCUT2D eigenvalue weighted by Gasteiger charge is -2.65. The zero-order valence-corrected chi connectivity index (χ0v) is 21.2. The molecule has 5 aliphatic rings. The molecule has 1 aromatic heterocycles. The van der Waals surface area contributed by atoms with Gasteiger partial charge in [0.2, 0.25) is 0 Å². The van der Waals surface area contributed by atoms with E-state index in [0.717, 1.165) is 24.7 Å². The lowest BCUT2D eigenvalue weighted by atomic mass is 9.41. The van der Waals surface area contributed by atoms with Crippen molar-refractivity contribution in [2.45, 2.75) is 82.0 Å². The Labute approximate surface area is 216 Å². The maximum atomic E-state index is 12.9. The summed E-state index contributed by atoms with van der Waals surface area (Å²) >= 11 is 0. The number of cyclic esters (lactones) is 1. The summed E-state index contributed by atoms with van der Waals surface area (Å²) in [4.78, 5) is 41.3. The van der Waals surface area contributed by atoms with Crippen LogP contribution in [0.4, 0.5) is 0 Å². The normalized spacial score (nSPS) is 44.6. The van der Waals surface area contributed by atoms with Crippen molar-refractivity contribution in [3.05, 3.63) is 41.7 Å². The van der Waals surface area contributed by atoms with Crippen molar-refractivity contribution in [2.24, 2.45) is 28.6 Å². The molecule has 198 valence electrons. The Bertz CT molecular complexity index is 1150. The first-order chi connectivity index (χ1) is 17.7. The minimum Gasteiger partial charge on any atom is -0.459 e. The fourth-order valence-electron chi connectivity index (χ4n) is 9.12. The Morgan fingerprint density at radius 1 is 1.14 bits per heavy atom. The SMILES string of the molecule is C[C@]12CC[C@@H]3[C@@H](CC[C@@]4(O)C[C@@H](OC(=O)c5cccnc5)CC[C@]34C=O)[C@@]1(O)CC[C@@H]2C1=CC(=O)OC1. The molecule has 0 bridgehead atoms. The summed E-state index contributed by atoms with van der Waals surface area (Å²) < 4.78 is 10.9. The van der Waals surface area contributed by atoms with Gasteiger partial charge in [-0.25, -0.2) is 9.59 Å². The number of pyridine rings is 1. The van der Waals surface area contributed by atoms with E-state index in [4.69, 9.17) is 9.47 Å². The van der Waals surface area contributed by atoms with Gasteiger partial charge in [0.1, 0.15) is 19.0 Å². The molecule has 1 aliphatic heterocycles. The molecule has 0 saturated heterocycles. The quantitative estimate of drug-likeness (QED) is 0.469. The number of ether oxygens (including phenoxy) is 2. The molecule has 0 amide bonds. The minimum atomic E-state index is -1.29. The predicted molar refractivity (Wildman–Crippen MR) is 131 cm³/mol. The van der Waals surface area contributed by atoms with Crippen molar-refractivity contribution in [3.8, 4) is 0 Å². The zero-order valence-electron chi connectivity index (χ0n) is 21.2. The number of carbonyl (C=O) groups excluding carboxylic acids is 3. The Kier molecular flexibility index (Phi) is 5.66. The first-order valence-electron chi connectivity index (χ1n) is 13.6. The van der Waals surface area contributed by atoms with Gasteiger partial charge in [-0.1, -0.05) is 6.92 Å². The Morgan fingerprint density at radius 3 is 2.65 bits per heavy atom. The van der Waals surface area contributed by atoms with E-state index in [1.807, 2.05) is 0 Å². The molecule has 2 heterocycles. The average molecular weight is 510 g/mol. The van der Waals surface area contributed by atoms with Crippen LogP contribution in [0.2, 0.25) is 0 Å². The van der Waals surface area contributed by atoms with Crippen LogP contribution in [-0.4, -0.2) is 57.3 Å². The van der Waals surface area contributed by atoms with Crippen LogP contribution in [0.25, 0.3) is 0 Å². The lowest BCUT2D eigenvalue weighted by Crippen LogP contribution is -2.69. The number of esters is 2. The van der Waals surface area contributed by atoms with Gasteiger partial charge in [-0.15, -0.1) is 0 Å². The van der Waals surface area contributed by atoms with E-state index < -0.39 is 34.1 Å². The highest BCUT2D eigenvalue weighted by Crippen LogP contribution is 2.70. The standard InChI is InChI=1S/C29H35NO7/c1-26-8-5-22-23(29(26,35)11-7-21(26)19-13-24(32)36-16-19)6-10-28(34)14-20(4-9-27(22,28)17-31)37-25(33)18-3-2-12-30-15-18/h2-3,12-13,15,17,20-23,34-35H,4-11,14,16H2,1H3/t20-,21+,22+,23+,26+,27-,28+,29-/m0/s1. The van der Waals surface area contributed by atoms with Gasteiger partial charge < -0.3 is 24.5 Å². The van der Waals surface area contributed by atoms with Crippen LogP contribution in [0.3, 0.4) is 0 Å². The fraction of sp³-hybridized carbons (Fsp3) is 0.655. The molecule has 0 radical (unpaired) electrons. The number of hydrogen-bond donors (Lipinski definition) is 2. The van der Waals surface area contributed by atoms with Gasteiger partial charge in [-0.05, 0) is 86.8 Å². The fourth-order valence-corrected chi connectivity index (χ4v) is 9.12. The van der Waals surface area contributed by atoms with Gasteiger partial charge in [0.15, 0.2) is 0 Å². The van der Waals surface area contributed by atoms with Gasteiger partial charge in [0.25, 0.3) is 0 Å². The van der Waals surface area contributed by atoms with Gasteiger partial charge in [-0.3, -0.25) is 4.98 Å². The van der Waals surface area contributed by atoms with E-state index in [0.29, 0.717) is 50.7 Å². The van der Waals surface area contributed by atoms with E-state index >= 15 is 0 Å². The molecule has 37 heavy (non-hydrogen) atoms. The number of rotatable bonds is 4. The molecule has 4 fully saturated rings. The highest BCUT2D eigenvalue weighted by atomic mass is 16.5. The third kappa shape index (κ3) is 3.41. The van der Waals surface area contributed by atoms with Crippen LogP contribution in [0.15, 0.2) is 36.2 Å². The third-order valence-corrected chi connectivity index (χ3v) is 11.0. The lowest BCUT2D eigenvalue weighted by molar-refractivity contribution is -0.248. The average Bonchev–Trinajstić information content (AvgIpc) is 3.43. The van der Waals surface area contributed by atoms with Crippen LogP contribution in [0, 0.1) is 28.6 Å². The van der Waals surface area contributed by atoms with Gasteiger partial charge in [0.05, 0.1) is 22.2 Å². The van der Waals surface area contributed by atoms with Crippen LogP contribution >= 0.6 is 0 Å². The van der Waals surface area contributed by atoms with Crippen LogP contribution < -0.4 is 0 Å². The summed E-state index contributed by atoms with van der Waals surface area (Å²) in [5, 5.41) is 24.3. The third-order valence-electron chi connectivity index (χ3n) is 11.0. The largest absolute Gasteiger partial charge is 0.459 e. The second-order valence-corrected chi connectivity index (χ2v) is 12.3. The number of aromatic nitrogens is 1. The predicted octanol–water partition coefficient (Wildman–Crippen LogP) is 3.16. The van der Waals surface area contributed by atoms with Crippen LogP contribution in [0.5, 0.6) is 0 Å². The number of aldehydes is 1. The first-order valence-corrected chi connectivity index (χ1v) is 13.6. The molecule has 4 aliphatic carbocycles. The number of fused-ring (bicyclic) bond motifs is 5. The molecule has 6 rings (SSSR count). The monoisotopic (exact) mass is 509 g/mol. The van der Waals surface area contributed by atoms with Gasteiger partial charge in [-0.2, -0.15) is 0 Å². The summed E-state index contributed by atoms with van der Waals surface area (Å²) in [6.45, 7) is 2.42. The molecule has 0 unspecified atom stereocenters. The van der Waals surface area contributed by atoms with Crippen molar-refractivity contribution < 1.29 is 34.1 Å². The number of aliphatic hydroxyl groups is 2. The summed E-state index contributed by atoms with van der Waals surface area (Å²) in [6, 6.07) is 3.32. The maximum absolute atomic E-state index is 12.9. The van der Waals surface area contributed by atoms with Crippen molar-refractivity contribution in [1.29, 1.82) is 0 Å². The smallest absolute Gasteiger partial charge is 0.339 e. The molecule has 0 aromatic carbocycles. The Morgan fingerprint density at radius 2 is 1.95 bits per heavy atom. The molecular weight excluding hydrogens is 474 g/mol. The topological polar surface area (TPSA) is 123 Å². The molecule has 8 nitrogen and oxygen atoms in total. The molecule has 4 saturated carbocycles. The Balaban J connectivity index is 1.25. The van der Waals surface area contributed by atoms with Crippen LogP contribution in [0.1, 0.15) is 75.1 Å². The summed E-state index contributed by atoms with van der Waals surface area (Å²) in [5.74, 6) is -0.981. The highest BCUT2D eigenvalue weighted by Gasteiger charge is 2.71. The van der Waals surface area contributed by atoms with Crippen molar-refractivity contribution in [1.82, 2.24) is 4.98 Å². The van der Waals surface area contributed by atoms with Gasteiger partial charge in [0, 0.05) is 30.3 Å². The van der Waals surface area contributed by atoms with Crippen molar-refractivity contribution >= 4 is 18.2 Å². The van der Waals surface area contributed by atoms with E-state index in [2.05, 4.69) is 11.9 Å². The van der Waals surface area contributed by atoms with Crippen molar-refractivity contribution in [2.75, 3.05) is 6.61 Å². The summed E-state index contributed by atoms with van der Waals surface area (Å²) in [6.07, 6.45) is 10.0. The van der Waals surface area contributed by atoms with Crippen LogP contribution in [-0.2, 0) is 19.1 Å². The van der Waals surface area contributed by atoms with Gasteiger partial charge >= 0.3 is 11.9 Å². The minimum absolute atomic E-state index is 0.0699. The number of hydrogen-bond acceptors (Lipinski definition) is 8. The molecular formula is C29H35NO7. The Hall–Kier alpha value is -2.58. The molecule has 2 N–H and O–H groups in total. The molecule has 1 aromatic rings. The van der Waals surface area contributed by atoms with E-state index in [-0.39, 0.29) is 30.1 Å². The number of carbonyl (C=O) groups is 3. The number of nitrogens with zero attached hydrogens (tertiary/aromatic N) is 1. The summed E-state index contributed by atoms with van der Waals surface area (Å²) in [5.41, 5.74) is -2.33. The van der Waals surface area contributed by atoms with E-state index in [9.17, 15) is 24.6 Å². The zero-order chi connectivity index (χ0) is 26.1. The second-order valence-electron chi connectivity index (χ2n) is 12.3. The second kappa shape index (κ2) is 8.46. The summed E-state index contributed by atoms with van der Waals surface area (Å²) in [7, 11) is 0. The molecule has 8 atom stereocenters. The van der Waals surface area contributed by atoms with E-state index in [1.165, 1.54) is 6.20 Å². The van der Waals surface area contributed by atoms with E-state index in [1.54, 1.807) is 24.4 Å². The first kappa shape index (κ1) is 24.7. The molecule has 0 spiro atoms. The van der Waals surface area contributed by atoms with Crippen molar-refractivity contribution in [3.63, 3.8) is 0 Å². The highest BCUT2D eigenvalue weighted by molar-refractivity contribution is 5.89. The molecule has 8 heteroatoms.